The highest BCUT2D eigenvalue weighted by molar-refractivity contribution is 5.35. The quantitative estimate of drug-likeness (QED) is 0.561. The average Bonchev–Trinajstić information content (AvgIpc) is 1.97. The van der Waals surface area contributed by atoms with E-state index in [1.54, 1.807) is 0 Å². The van der Waals surface area contributed by atoms with Gasteiger partial charge in [0.15, 0.2) is 0 Å². The summed E-state index contributed by atoms with van der Waals surface area (Å²) in [5, 5.41) is 18.3. The molecule has 0 aromatic rings. The number of aliphatic hydroxyl groups excluding tert-OH is 2. The minimum absolute atomic E-state index is 0.569. The second-order valence-corrected chi connectivity index (χ2v) is 2.65. The van der Waals surface area contributed by atoms with E-state index in [0.717, 1.165) is 24.0 Å². The molecule has 1 rings (SSSR count). The van der Waals surface area contributed by atoms with Gasteiger partial charge in [-0.15, -0.1) is 0 Å². The van der Waals surface area contributed by atoms with Gasteiger partial charge in [0.1, 0.15) is 12.2 Å². The van der Waals surface area contributed by atoms with Crippen LogP contribution in [0, 0.1) is 0 Å². The Hall–Kier alpha value is -0.340. The van der Waals surface area contributed by atoms with Crippen LogP contribution in [0.4, 0.5) is 0 Å². The van der Waals surface area contributed by atoms with Crippen LogP contribution in [0.5, 0.6) is 0 Å². The van der Waals surface area contributed by atoms with Crippen LogP contribution in [0.25, 0.3) is 0 Å². The molecule has 0 unspecified atom stereocenters. The van der Waals surface area contributed by atoms with Crippen molar-refractivity contribution < 1.29 is 10.2 Å². The molecule has 0 saturated carbocycles. The Morgan fingerprint density at radius 3 is 1.50 bits per heavy atom. The van der Waals surface area contributed by atoms with Gasteiger partial charge in [0.05, 0.1) is 0 Å². The Bertz CT molecular complexity index is 143. The summed E-state index contributed by atoms with van der Waals surface area (Å²) in [4.78, 5) is 0. The van der Waals surface area contributed by atoms with E-state index >= 15 is 0 Å². The van der Waals surface area contributed by atoms with Gasteiger partial charge in [-0.25, -0.2) is 0 Å². The molecule has 0 radical (unpaired) electrons. The van der Waals surface area contributed by atoms with Gasteiger partial charge in [-0.2, -0.15) is 0 Å². The zero-order valence-electron chi connectivity index (χ0n) is 6.46. The van der Waals surface area contributed by atoms with E-state index in [1.807, 2.05) is 13.8 Å². The SMILES string of the molecule is CCC1=C(CC)[C@H](O)[C@@H]1O. The molecule has 58 valence electrons. The van der Waals surface area contributed by atoms with Gasteiger partial charge in [-0.05, 0) is 24.0 Å². The lowest BCUT2D eigenvalue weighted by Crippen LogP contribution is -2.40. The van der Waals surface area contributed by atoms with Crippen molar-refractivity contribution in [1.29, 1.82) is 0 Å². The second-order valence-electron chi connectivity index (χ2n) is 2.65. The molecule has 0 aromatic carbocycles. The largest absolute Gasteiger partial charge is 0.386 e. The zero-order valence-corrected chi connectivity index (χ0v) is 6.46. The normalized spacial score (nSPS) is 32.4. The predicted octanol–water partition coefficient (Wildman–Crippen LogP) is 0.838. The van der Waals surface area contributed by atoms with Crippen LogP contribution >= 0.6 is 0 Å². The minimum Gasteiger partial charge on any atom is -0.386 e. The molecule has 10 heavy (non-hydrogen) atoms. The fourth-order valence-electron chi connectivity index (χ4n) is 1.54. The molecule has 0 aliphatic heterocycles. The first kappa shape index (κ1) is 7.76. The van der Waals surface area contributed by atoms with E-state index in [1.165, 1.54) is 0 Å². The molecule has 2 atom stereocenters. The van der Waals surface area contributed by atoms with Crippen molar-refractivity contribution in [3.8, 4) is 0 Å². The molecule has 0 amide bonds. The van der Waals surface area contributed by atoms with Crippen molar-refractivity contribution in [2.75, 3.05) is 0 Å². The molecular weight excluding hydrogens is 128 g/mol. The molecule has 2 heteroatoms. The van der Waals surface area contributed by atoms with Gasteiger partial charge in [0.2, 0.25) is 0 Å². The highest BCUT2D eigenvalue weighted by atomic mass is 16.3. The maximum absolute atomic E-state index is 9.17. The maximum atomic E-state index is 9.17. The minimum atomic E-state index is -0.569. The van der Waals surface area contributed by atoms with Crippen LogP contribution in [-0.2, 0) is 0 Å². The van der Waals surface area contributed by atoms with Gasteiger partial charge in [-0.1, -0.05) is 13.8 Å². The molecular formula is C8H14O2. The summed E-state index contributed by atoms with van der Waals surface area (Å²) in [5.74, 6) is 0. The van der Waals surface area contributed by atoms with Gasteiger partial charge < -0.3 is 10.2 Å². The van der Waals surface area contributed by atoms with E-state index in [-0.39, 0.29) is 0 Å². The van der Waals surface area contributed by atoms with Crippen molar-refractivity contribution in [2.45, 2.75) is 38.9 Å². The molecule has 0 saturated heterocycles. The summed E-state index contributed by atoms with van der Waals surface area (Å²) in [6, 6.07) is 0. The van der Waals surface area contributed by atoms with E-state index in [4.69, 9.17) is 10.2 Å². The van der Waals surface area contributed by atoms with Crippen LogP contribution in [0.15, 0.2) is 11.1 Å². The third kappa shape index (κ3) is 0.879. The summed E-state index contributed by atoms with van der Waals surface area (Å²) >= 11 is 0. The Morgan fingerprint density at radius 1 is 1.00 bits per heavy atom. The lowest BCUT2D eigenvalue weighted by molar-refractivity contribution is 0.0325. The van der Waals surface area contributed by atoms with Crippen molar-refractivity contribution in [3.05, 3.63) is 11.1 Å². The van der Waals surface area contributed by atoms with Crippen LogP contribution in [0.3, 0.4) is 0 Å². The number of hydrogen-bond donors (Lipinski definition) is 2. The van der Waals surface area contributed by atoms with Crippen LogP contribution in [0.1, 0.15) is 26.7 Å². The zero-order chi connectivity index (χ0) is 7.72. The first-order valence-corrected chi connectivity index (χ1v) is 3.80. The predicted molar refractivity (Wildman–Crippen MR) is 39.6 cm³/mol. The van der Waals surface area contributed by atoms with Gasteiger partial charge in [0, 0.05) is 0 Å². The Morgan fingerprint density at radius 2 is 1.30 bits per heavy atom. The Labute approximate surface area is 61.2 Å². The van der Waals surface area contributed by atoms with Gasteiger partial charge >= 0.3 is 0 Å². The third-order valence-corrected chi connectivity index (χ3v) is 2.19. The molecule has 0 heterocycles. The fraction of sp³-hybridized carbons (Fsp3) is 0.750. The third-order valence-electron chi connectivity index (χ3n) is 2.19. The summed E-state index contributed by atoms with van der Waals surface area (Å²) in [5.41, 5.74) is 2.07. The number of aliphatic hydroxyl groups is 2. The van der Waals surface area contributed by atoms with Crippen LogP contribution < -0.4 is 0 Å². The molecule has 1 aliphatic rings. The van der Waals surface area contributed by atoms with E-state index in [0.29, 0.717) is 0 Å². The van der Waals surface area contributed by atoms with Crippen LogP contribution in [-0.4, -0.2) is 22.4 Å². The van der Waals surface area contributed by atoms with E-state index in [2.05, 4.69) is 0 Å². The Kier molecular flexibility index (Phi) is 2.11. The van der Waals surface area contributed by atoms with Gasteiger partial charge in [0.25, 0.3) is 0 Å². The highest BCUT2D eigenvalue weighted by Crippen LogP contribution is 2.33. The van der Waals surface area contributed by atoms with Crippen LogP contribution in [0.2, 0.25) is 0 Å². The standard InChI is InChI=1S/C8H14O2/c1-3-5-6(4-2)8(10)7(5)9/h7-10H,3-4H2,1-2H3/t7-,8+. The summed E-state index contributed by atoms with van der Waals surface area (Å²) in [6.07, 6.45) is 0.586. The lowest BCUT2D eigenvalue weighted by Gasteiger charge is -2.34. The van der Waals surface area contributed by atoms with Crippen molar-refractivity contribution in [1.82, 2.24) is 0 Å². The van der Waals surface area contributed by atoms with Crippen molar-refractivity contribution in [3.63, 3.8) is 0 Å². The van der Waals surface area contributed by atoms with E-state index in [9.17, 15) is 0 Å². The van der Waals surface area contributed by atoms with Gasteiger partial charge in [-0.3, -0.25) is 0 Å². The number of hydrogen-bond acceptors (Lipinski definition) is 2. The molecule has 0 fully saturated rings. The Balaban J connectivity index is 2.73. The molecule has 0 spiro atoms. The lowest BCUT2D eigenvalue weighted by atomic mass is 9.79. The topological polar surface area (TPSA) is 40.5 Å². The highest BCUT2D eigenvalue weighted by Gasteiger charge is 2.34. The molecule has 2 nitrogen and oxygen atoms in total. The van der Waals surface area contributed by atoms with Crippen molar-refractivity contribution in [2.24, 2.45) is 0 Å². The molecule has 1 aliphatic carbocycles. The fourth-order valence-corrected chi connectivity index (χ4v) is 1.54. The van der Waals surface area contributed by atoms with E-state index < -0.39 is 12.2 Å². The first-order valence-electron chi connectivity index (χ1n) is 3.80. The molecule has 2 N–H and O–H groups in total. The monoisotopic (exact) mass is 142 g/mol. The average molecular weight is 142 g/mol. The molecule has 0 bridgehead atoms. The summed E-state index contributed by atoms with van der Waals surface area (Å²) < 4.78 is 0. The molecule has 0 aromatic heterocycles. The summed E-state index contributed by atoms with van der Waals surface area (Å²) in [7, 11) is 0. The second kappa shape index (κ2) is 2.72. The maximum Gasteiger partial charge on any atom is 0.105 e. The smallest absolute Gasteiger partial charge is 0.105 e. The number of rotatable bonds is 2. The van der Waals surface area contributed by atoms with Crippen molar-refractivity contribution >= 4 is 0 Å². The first-order chi connectivity index (χ1) is 4.72. The summed E-state index contributed by atoms with van der Waals surface area (Å²) in [6.45, 7) is 4.00.